The molecule has 2 heteroatoms. The van der Waals surface area contributed by atoms with E-state index in [9.17, 15) is 4.79 Å². The molecule has 1 aromatic carbocycles. The SMILES string of the molecule is CCCCCCCC(=O)C1CNc2ccccc21. The molecule has 0 radical (unpaired) electrons. The Hall–Kier alpha value is -1.31. The number of nitrogens with one attached hydrogen (secondary N) is 1. The van der Waals surface area contributed by atoms with E-state index < -0.39 is 0 Å². The Balaban J connectivity index is 1.80. The standard InChI is InChI=1S/C16H23NO/c1-2-3-4-5-6-11-16(18)14-12-17-15-10-8-7-9-13(14)15/h7-10,14,17H,2-6,11-12H2,1H3. The number of para-hydroxylation sites is 1. The molecule has 98 valence electrons. The Morgan fingerprint density at radius 2 is 2.00 bits per heavy atom. The van der Waals surface area contributed by atoms with Gasteiger partial charge in [0.25, 0.3) is 0 Å². The Kier molecular flexibility index (Phi) is 4.80. The predicted octanol–water partition coefficient (Wildman–Crippen LogP) is 4.13. The van der Waals surface area contributed by atoms with Gasteiger partial charge >= 0.3 is 0 Å². The number of ketones is 1. The van der Waals surface area contributed by atoms with Crippen LogP contribution in [-0.4, -0.2) is 12.3 Å². The summed E-state index contributed by atoms with van der Waals surface area (Å²) in [6.45, 7) is 3.00. The van der Waals surface area contributed by atoms with Crippen molar-refractivity contribution in [3.63, 3.8) is 0 Å². The number of unbranched alkanes of at least 4 members (excludes halogenated alkanes) is 4. The predicted molar refractivity (Wildman–Crippen MR) is 76.1 cm³/mol. The molecule has 0 fully saturated rings. The molecular weight excluding hydrogens is 222 g/mol. The lowest BCUT2D eigenvalue weighted by molar-refractivity contribution is -0.120. The molecule has 0 aliphatic carbocycles. The van der Waals surface area contributed by atoms with Gasteiger partial charge < -0.3 is 5.32 Å². The van der Waals surface area contributed by atoms with Gasteiger partial charge in [-0.2, -0.15) is 0 Å². The maximum absolute atomic E-state index is 12.2. The van der Waals surface area contributed by atoms with Crippen molar-refractivity contribution in [1.82, 2.24) is 0 Å². The topological polar surface area (TPSA) is 29.1 Å². The van der Waals surface area contributed by atoms with Crippen LogP contribution >= 0.6 is 0 Å². The average molecular weight is 245 g/mol. The number of carbonyl (C=O) groups is 1. The van der Waals surface area contributed by atoms with Gasteiger partial charge in [0, 0.05) is 18.7 Å². The Labute approximate surface area is 110 Å². The van der Waals surface area contributed by atoms with E-state index in [0.29, 0.717) is 5.78 Å². The molecule has 0 spiro atoms. The highest BCUT2D eigenvalue weighted by atomic mass is 16.1. The number of anilines is 1. The van der Waals surface area contributed by atoms with E-state index in [-0.39, 0.29) is 5.92 Å². The van der Waals surface area contributed by atoms with Crippen LogP contribution in [-0.2, 0) is 4.79 Å². The van der Waals surface area contributed by atoms with Gasteiger partial charge in [0.05, 0.1) is 5.92 Å². The first-order chi connectivity index (χ1) is 8.83. The van der Waals surface area contributed by atoms with Crippen LogP contribution in [0.5, 0.6) is 0 Å². The van der Waals surface area contributed by atoms with E-state index >= 15 is 0 Å². The van der Waals surface area contributed by atoms with Crippen LogP contribution < -0.4 is 5.32 Å². The summed E-state index contributed by atoms with van der Waals surface area (Å²) in [5.74, 6) is 0.497. The van der Waals surface area contributed by atoms with Crippen molar-refractivity contribution in [2.75, 3.05) is 11.9 Å². The minimum atomic E-state index is 0.0902. The monoisotopic (exact) mass is 245 g/mol. The second-order valence-electron chi connectivity index (χ2n) is 5.15. The minimum Gasteiger partial charge on any atom is -0.384 e. The summed E-state index contributed by atoms with van der Waals surface area (Å²) in [6.07, 6.45) is 6.81. The summed E-state index contributed by atoms with van der Waals surface area (Å²) in [4.78, 5) is 12.2. The van der Waals surface area contributed by atoms with Crippen LogP contribution in [0.25, 0.3) is 0 Å². The van der Waals surface area contributed by atoms with Crippen LogP contribution in [0.1, 0.15) is 56.9 Å². The Morgan fingerprint density at radius 1 is 1.22 bits per heavy atom. The summed E-state index contributed by atoms with van der Waals surface area (Å²) in [7, 11) is 0. The molecule has 1 aliphatic rings. The Morgan fingerprint density at radius 3 is 2.83 bits per heavy atom. The third-order valence-electron chi connectivity index (χ3n) is 3.75. The summed E-state index contributed by atoms with van der Waals surface area (Å²) in [5, 5.41) is 3.32. The molecule has 1 N–H and O–H groups in total. The summed E-state index contributed by atoms with van der Waals surface area (Å²) in [6, 6.07) is 8.18. The fourth-order valence-electron chi connectivity index (χ4n) is 2.65. The Bertz CT molecular complexity index is 400. The first-order valence-electron chi connectivity index (χ1n) is 7.18. The van der Waals surface area contributed by atoms with Crippen molar-refractivity contribution < 1.29 is 4.79 Å². The number of carbonyl (C=O) groups excluding carboxylic acids is 1. The number of hydrogen-bond donors (Lipinski definition) is 1. The number of benzene rings is 1. The first-order valence-corrected chi connectivity index (χ1v) is 7.18. The number of hydrogen-bond acceptors (Lipinski definition) is 2. The van der Waals surface area contributed by atoms with Gasteiger partial charge in [-0.3, -0.25) is 4.79 Å². The molecule has 0 saturated carbocycles. The minimum absolute atomic E-state index is 0.0902. The lowest BCUT2D eigenvalue weighted by atomic mass is 9.93. The molecule has 0 aromatic heterocycles. The molecule has 18 heavy (non-hydrogen) atoms. The quantitative estimate of drug-likeness (QED) is 0.732. The van der Waals surface area contributed by atoms with E-state index in [0.717, 1.165) is 25.1 Å². The highest BCUT2D eigenvalue weighted by molar-refractivity contribution is 5.89. The maximum Gasteiger partial charge on any atom is 0.142 e. The van der Waals surface area contributed by atoms with Gasteiger partial charge in [0.15, 0.2) is 0 Å². The first kappa shape index (κ1) is 13.1. The molecule has 1 aliphatic heterocycles. The van der Waals surface area contributed by atoms with Gasteiger partial charge in [0.1, 0.15) is 5.78 Å². The summed E-state index contributed by atoms with van der Waals surface area (Å²) < 4.78 is 0. The fraction of sp³-hybridized carbons (Fsp3) is 0.562. The van der Waals surface area contributed by atoms with Gasteiger partial charge in [-0.25, -0.2) is 0 Å². The van der Waals surface area contributed by atoms with E-state index in [1.807, 2.05) is 12.1 Å². The van der Waals surface area contributed by atoms with Crippen molar-refractivity contribution in [2.24, 2.45) is 0 Å². The molecule has 2 nitrogen and oxygen atoms in total. The van der Waals surface area contributed by atoms with Crippen molar-refractivity contribution >= 4 is 11.5 Å². The van der Waals surface area contributed by atoms with Crippen molar-refractivity contribution in [3.05, 3.63) is 29.8 Å². The average Bonchev–Trinajstić information content (AvgIpc) is 2.82. The second-order valence-corrected chi connectivity index (χ2v) is 5.15. The molecule has 0 saturated heterocycles. The number of Topliss-reactive ketones (excluding diaryl/α,β-unsaturated/α-hetero) is 1. The zero-order chi connectivity index (χ0) is 12.8. The van der Waals surface area contributed by atoms with Crippen LogP contribution in [0.15, 0.2) is 24.3 Å². The van der Waals surface area contributed by atoms with Gasteiger partial charge in [-0.05, 0) is 18.1 Å². The fourth-order valence-corrected chi connectivity index (χ4v) is 2.65. The molecule has 1 heterocycles. The third-order valence-corrected chi connectivity index (χ3v) is 3.75. The third kappa shape index (κ3) is 3.12. The van der Waals surface area contributed by atoms with Crippen molar-refractivity contribution in [1.29, 1.82) is 0 Å². The molecule has 1 unspecified atom stereocenters. The highest BCUT2D eigenvalue weighted by Gasteiger charge is 2.27. The zero-order valence-corrected chi connectivity index (χ0v) is 11.2. The molecule has 0 bridgehead atoms. The van der Waals surface area contributed by atoms with E-state index in [1.165, 1.54) is 31.2 Å². The van der Waals surface area contributed by atoms with Crippen molar-refractivity contribution in [2.45, 2.75) is 51.4 Å². The van der Waals surface area contributed by atoms with Crippen LogP contribution in [0.4, 0.5) is 5.69 Å². The lowest BCUT2D eigenvalue weighted by Crippen LogP contribution is -2.14. The van der Waals surface area contributed by atoms with E-state index in [1.54, 1.807) is 0 Å². The number of fused-ring (bicyclic) bond motifs is 1. The van der Waals surface area contributed by atoms with Crippen LogP contribution in [0, 0.1) is 0 Å². The zero-order valence-electron chi connectivity index (χ0n) is 11.2. The van der Waals surface area contributed by atoms with Crippen LogP contribution in [0.3, 0.4) is 0 Å². The molecule has 1 atom stereocenters. The molecule has 2 rings (SSSR count). The second kappa shape index (κ2) is 6.58. The molecular formula is C16H23NO. The van der Waals surface area contributed by atoms with E-state index in [4.69, 9.17) is 0 Å². The van der Waals surface area contributed by atoms with Crippen molar-refractivity contribution in [3.8, 4) is 0 Å². The lowest BCUT2D eigenvalue weighted by Gasteiger charge is -2.08. The smallest absolute Gasteiger partial charge is 0.142 e. The number of rotatable bonds is 7. The van der Waals surface area contributed by atoms with Gasteiger partial charge in [0.2, 0.25) is 0 Å². The largest absolute Gasteiger partial charge is 0.384 e. The molecule has 1 aromatic rings. The maximum atomic E-state index is 12.2. The van der Waals surface area contributed by atoms with Crippen LogP contribution in [0.2, 0.25) is 0 Å². The van der Waals surface area contributed by atoms with Gasteiger partial charge in [-0.15, -0.1) is 0 Å². The normalized spacial score (nSPS) is 17.3. The van der Waals surface area contributed by atoms with Gasteiger partial charge in [-0.1, -0.05) is 50.8 Å². The molecule has 0 amide bonds. The highest BCUT2D eigenvalue weighted by Crippen LogP contribution is 2.32. The summed E-state index contributed by atoms with van der Waals surface area (Å²) in [5.41, 5.74) is 2.33. The summed E-state index contributed by atoms with van der Waals surface area (Å²) >= 11 is 0. The van der Waals surface area contributed by atoms with E-state index in [2.05, 4.69) is 24.4 Å².